The van der Waals surface area contributed by atoms with E-state index < -0.39 is 75.1 Å². The van der Waals surface area contributed by atoms with Crippen LogP contribution in [0.4, 0.5) is 43.9 Å². The Hall–Kier alpha value is -4.56. The van der Waals surface area contributed by atoms with E-state index in [2.05, 4.69) is 22.3 Å². The van der Waals surface area contributed by atoms with Gasteiger partial charge in [-0.1, -0.05) is 12.1 Å². The van der Waals surface area contributed by atoms with Gasteiger partial charge in [0.05, 0.1) is 15.8 Å². The molecule has 234 valence electrons. The number of hydrogen-bond donors (Lipinski definition) is 1. The van der Waals surface area contributed by atoms with Crippen LogP contribution < -0.4 is 4.74 Å². The lowest BCUT2D eigenvalue weighted by molar-refractivity contribution is -0.189. The lowest BCUT2D eigenvalue weighted by Crippen LogP contribution is -2.25. The molecule has 1 heterocycles. The summed E-state index contributed by atoms with van der Waals surface area (Å²) in [6.45, 7) is 0. The maximum absolute atomic E-state index is 15.2. The van der Waals surface area contributed by atoms with Crippen LogP contribution in [-0.2, 0) is 6.11 Å². The fraction of sp³-hybridized carbons (Fsp3) is 0.0312. The largest absolute Gasteiger partial charge is 0.432 e. The summed E-state index contributed by atoms with van der Waals surface area (Å²) in [6.07, 6.45) is -4.91. The van der Waals surface area contributed by atoms with E-state index in [1.165, 1.54) is 23.5 Å². The summed E-state index contributed by atoms with van der Waals surface area (Å²) in [6, 6.07) is 11.0. The summed E-state index contributed by atoms with van der Waals surface area (Å²) in [7, 11) is 0. The first-order valence-corrected chi connectivity index (χ1v) is 14.1. The molecule has 0 radical (unpaired) electrons. The monoisotopic (exact) mass is 681 g/mol. The molecule has 2 nitrogen and oxygen atoms in total. The summed E-state index contributed by atoms with van der Waals surface area (Å²) >= 11 is 5.56. The molecular formula is C32H13F10NOS2. The first-order valence-electron chi connectivity index (χ1n) is 12.8. The van der Waals surface area contributed by atoms with Crippen molar-refractivity contribution in [3.05, 3.63) is 125 Å². The van der Waals surface area contributed by atoms with Crippen molar-refractivity contribution in [2.75, 3.05) is 0 Å². The highest BCUT2D eigenvalue weighted by molar-refractivity contribution is 7.80. The van der Waals surface area contributed by atoms with Gasteiger partial charge in [0.15, 0.2) is 17.5 Å². The maximum Gasteiger partial charge on any atom is 0.432 e. The summed E-state index contributed by atoms with van der Waals surface area (Å²) in [4.78, 5) is 5.16. The van der Waals surface area contributed by atoms with Gasteiger partial charge in [-0.05, 0) is 59.7 Å². The predicted octanol–water partition coefficient (Wildman–Crippen LogP) is 10.8. The Kier molecular flexibility index (Phi) is 7.97. The Balaban J connectivity index is 1.31. The zero-order chi connectivity index (χ0) is 33.1. The minimum Gasteiger partial charge on any atom is -0.429 e. The van der Waals surface area contributed by atoms with Gasteiger partial charge in [-0.3, -0.25) is 0 Å². The zero-order valence-corrected chi connectivity index (χ0v) is 24.1. The molecule has 0 fully saturated rings. The summed E-state index contributed by atoms with van der Waals surface area (Å²) in [5.74, 6) is -14.9. The van der Waals surface area contributed by atoms with E-state index in [9.17, 15) is 30.7 Å². The molecule has 0 atom stereocenters. The molecule has 0 N–H and O–H groups in total. The van der Waals surface area contributed by atoms with E-state index in [1.54, 1.807) is 18.2 Å². The van der Waals surface area contributed by atoms with Crippen molar-refractivity contribution in [2.24, 2.45) is 0 Å². The van der Waals surface area contributed by atoms with Crippen molar-refractivity contribution in [1.82, 2.24) is 4.98 Å². The number of rotatable bonds is 6. The van der Waals surface area contributed by atoms with Crippen LogP contribution in [0.15, 0.2) is 77.7 Å². The highest BCUT2D eigenvalue weighted by atomic mass is 32.1. The van der Waals surface area contributed by atoms with Gasteiger partial charge in [0, 0.05) is 28.2 Å². The Bertz CT molecular complexity index is 2110. The van der Waals surface area contributed by atoms with Crippen LogP contribution in [-0.4, -0.2) is 4.98 Å². The highest BCUT2D eigenvalue weighted by Crippen LogP contribution is 2.40. The Morgan fingerprint density at radius 3 is 1.80 bits per heavy atom. The van der Waals surface area contributed by atoms with Gasteiger partial charge in [0.2, 0.25) is 0 Å². The second kappa shape index (κ2) is 11.7. The molecule has 0 saturated carbocycles. The van der Waals surface area contributed by atoms with Crippen molar-refractivity contribution < 1.29 is 48.6 Å². The number of benzene rings is 5. The van der Waals surface area contributed by atoms with E-state index in [4.69, 9.17) is 0 Å². The molecule has 46 heavy (non-hydrogen) atoms. The molecule has 0 saturated heterocycles. The Morgan fingerprint density at radius 2 is 1.20 bits per heavy atom. The SMILES string of the molecule is Fc1cc(-c2nc3ccc(S)cc3s2)ccc1-c1cc(F)c(-c2cc(F)c(C(F)(F)Oc3cc(F)c(F)c(F)c3)c(F)c2)c(F)c1. The number of ether oxygens (including phenoxy) is 1. The van der Waals surface area contributed by atoms with Crippen LogP contribution in [0.1, 0.15) is 5.56 Å². The quantitative estimate of drug-likeness (QED) is 0.107. The molecule has 0 spiro atoms. The van der Waals surface area contributed by atoms with Crippen molar-refractivity contribution in [2.45, 2.75) is 11.0 Å². The van der Waals surface area contributed by atoms with Gasteiger partial charge in [-0.25, -0.2) is 40.1 Å². The second-order valence-electron chi connectivity index (χ2n) is 9.82. The molecule has 0 bridgehead atoms. The number of fused-ring (bicyclic) bond motifs is 1. The van der Waals surface area contributed by atoms with E-state index >= 15 is 13.2 Å². The fourth-order valence-corrected chi connectivity index (χ4v) is 6.00. The van der Waals surface area contributed by atoms with Crippen LogP contribution in [0.5, 0.6) is 5.75 Å². The minimum absolute atomic E-state index is 0.0261. The smallest absolute Gasteiger partial charge is 0.429 e. The molecule has 0 aliphatic heterocycles. The third-order valence-electron chi connectivity index (χ3n) is 6.77. The van der Waals surface area contributed by atoms with E-state index in [-0.39, 0.29) is 35.4 Å². The third-order valence-corrected chi connectivity index (χ3v) is 8.11. The number of halogens is 10. The van der Waals surface area contributed by atoms with E-state index in [0.29, 0.717) is 33.1 Å². The number of thiazole rings is 1. The summed E-state index contributed by atoms with van der Waals surface area (Å²) in [5, 5.41) is 0.479. The van der Waals surface area contributed by atoms with Crippen molar-refractivity contribution in [1.29, 1.82) is 0 Å². The number of aromatic nitrogens is 1. The lowest BCUT2D eigenvalue weighted by atomic mass is 9.96. The van der Waals surface area contributed by atoms with E-state index in [0.717, 1.165) is 10.8 Å². The molecule has 5 aromatic carbocycles. The Morgan fingerprint density at radius 1 is 0.609 bits per heavy atom. The first-order chi connectivity index (χ1) is 21.7. The molecule has 6 aromatic rings. The van der Waals surface area contributed by atoms with Crippen LogP contribution in [0.25, 0.3) is 43.0 Å². The molecule has 6 rings (SSSR count). The summed E-state index contributed by atoms with van der Waals surface area (Å²) in [5.41, 5.74) is -3.35. The maximum atomic E-state index is 15.2. The van der Waals surface area contributed by atoms with Gasteiger partial charge >= 0.3 is 6.11 Å². The Labute approximate surface area is 261 Å². The fourth-order valence-electron chi connectivity index (χ4n) is 4.71. The van der Waals surface area contributed by atoms with Crippen LogP contribution >= 0.6 is 24.0 Å². The average Bonchev–Trinajstić information content (AvgIpc) is 3.38. The van der Waals surface area contributed by atoms with Gasteiger partial charge in [-0.15, -0.1) is 24.0 Å². The number of nitrogens with zero attached hydrogens (tertiary/aromatic N) is 1. The van der Waals surface area contributed by atoms with Crippen LogP contribution in [0, 0.1) is 46.5 Å². The van der Waals surface area contributed by atoms with Crippen molar-refractivity contribution in [3.63, 3.8) is 0 Å². The van der Waals surface area contributed by atoms with Gasteiger partial charge in [-0.2, -0.15) is 8.78 Å². The van der Waals surface area contributed by atoms with Crippen LogP contribution in [0.2, 0.25) is 0 Å². The van der Waals surface area contributed by atoms with Gasteiger partial charge < -0.3 is 4.74 Å². The normalized spacial score (nSPS) is 11.8. The van der Waals surface area contributed by atoms with Gasteiger partial charge in [0.1, 0.15) is 45.4 Å². The van der Waals surface area contributed by atoms with Gasteiger partial charge in [0.25, 0.3) is 0 Å². The summed E-state index contributed by atoms with van der Waals surface area (Å²) < 4.78 is 149. The minimum atomic E-state index is -4.91. The lowest BCUT2D eigenvalue weighted by Gasteiger charge is -2.20. The first kappa shape index (κ1) is 31.4. The van der Waals surface area contributed by atoms with Crippen LogP contribution in [0.3, 0.4) is 0 Å². The molecule has 0 unspecified atom stereocenters. The molecule has 0 amide bonds. The standard InChI is InChI=1S/C32H13F10NOS2/c33-19-5-13(31-43-26-4-2-17(45)12-27(26)46-31)1-3-18(19)14-6-20(34)28(21(35)7-14)15-8-22(36)29(23(37)9-15)32(41,42)44-16-10-24(38)30(40)25(39)11-16/h1-12,45H. The predicted molar refractivity (Wildman–Crippen MR) is 154 cm³/mol. The average molecular weight is 682 g/mol. The number of hydrogen-bond acceptors (Lipinski definition) is 4. The third kappa shape index (κ3) is 5.78. The number of thiol groups is 1. The van der Waals surface area contributed by atoms with Crippen molar-refractivity contribution in [3.8, 4) is 38.6 Å². The molecule has 0 aliphatic rings. The highest BCUT2D eigenvalue weighted by Gasteiger charge is 2.42. The molecule has 14 heteroatoms. The topological polar surface area (TPSA) is 22.1 Å². The number of alkyl halides is 2. The van der Waals surface area contributed by atoms with Crippen molar-refractivity contribution >= 4 is 34.2 Å². The zero-order valence-electron chi connectivity index (χ0n) is 22.4. The second-order valence-corrected chi connectivity index (χ2v) is 11.4. The molecular weight excluding hydrogens is 668 g/mol. The van der Waals surface area contributed by atoms with E-state index in [1.807, 2.05) is 0 Å². The molecule has 1 aromatic heterocycles. The molecule has 0 aliphatic carbocycles.